The predicted octanol–water partition coefficient (Wildman–Crippen LogP) is 4.23. The van der Waals surface area contributed by atoms with E-state index in [0.717, 1.165) is 25.7 Å². The summed E-state index contributed by atoms with van der Waals surface area (Å²) < 4.78 is 16.8. The molecule has 3 rings (SSSR count). The Labute approximate surface area is 164 Å². The molecule has 1 N–H and O–H groups in total. The molecule has 0 bridgehead atoms. The molecule has 0 aromatic heterocycles. The summed E-state index contributed by atoms with van der Waals surface area (Å²) >= 11 is 0. The number of methoxy groups -OCH3 is 1. The molecular formula is C22H38O5. The lowest BCUT2D eigenvalue weighted by atomic mass is 9.62. The number of esters is 1. The van der Waals surface area contributed by atoms with Gasteiger partial charge in [-0.2, -0.15) is 0 Å². The molecule has 1 spiro atoms. The third kappa shape index (κ3) is 4.57. The number of fused-ring (bicyclic) bond motifs is 2. The van der Waals surface area contributed by atoms with Crippen molar-refractivity contribution in [3.63, 3.8) is 0 Å². The van der Waals surface area contributed by atoms with Crippen LogP contribution < -0.4 is 0 Å². The molecule has 4 atom stereocenters. The van der Waals surface area contributed by atoms with Gasteiger partial charge in [0.1, 0.15) is 0 Å². The van der Waals surface area contributed by atoms with Crippen molar-refractivity contribution < 1.29 is 24.1 Å². The lowest BCUT2D eigenvalue weighted by molar-refractivity contribution is -0.240. The Balaban J connectivity index is 0.00000126. The highest BCUT2D eigenvalue weighted by molar-refractivity contribution is 5.87. The largest absolute Gasteiger partial charge is 0.466 e. The van der Waals surface area contributed by atoms with Gasteiger partial charge in [-0.3, -0.25) is 0 Å². The van der Waals surface area contributed by atoms with E-state index < -0.39 is 12.1 Å². The molecule has 1 heterocycles. The highest BCUT2D eigenvalue weighted by atomic mass is 16.7. The minimum atomic E-state index is -0.536. The molecule has 156 valence electrons. The zero-order chi connectivity index (χ0) is 20.1. The van der Waals surface area contributed by atoms with Gasteiger partial charge in [-0.25, -0.2) is 4.79 Å². The maximum atomic E-state index is 11.4. The molecule has 2 aliphatic carbocycles. The molecule has 5 nitrogen and oxygen atoms in total. The van der Waals surface area contributed by atoms with Crippen molar-refractivity contribution in [1.82, 2.24) is 0 Å². The Morgan fingerprint density at radius 3 is 2.56 bits per heavy atom. The molecule has 3 fully saturated rings. The van der Waals surface area contributed by atoms with E-state index in [0.29, 0.717) is 37.0 Å². The SMILES string of the molecule is C=C(CC(O)CCC1CCC2C3(CCCC12C)OCCO3)C(=O)OC.CC. The summed E-state index contributed by atoms with van der Waals surface area (Å²) in [5, 5.41) is 10.3. The summed E-state index contributed by atoms with van der Waals surface area (Å²) in [6.45, 7) is 11.5. The first kappa shape index (κ1) is 22.4. The number of ether oxygens (including phenoxy) is 3. The fraction of sp³-hybridized carbons (Fsp3) is 0.864. The third-order valence-electron chi connectivity index (χ3n) is 6.88. The van der Waals surface area contributed by atoms with Gasteiger partial charge in [0.05, 0.1) is 26.4 Å². The second-order valence-electron chi connectivity index (χ2n) is 8.23. The van der Waals surface area contributed by atoms with Crippen molar-refractivity contribution in [2.45, 2.75) is 84.0 Å². The highest BCUT2D eigenvalue weighted by Crippen LogP contribution is 2.61. The summed E-state index contributed by atoms with van der Waals surface area (Å²) in [6, 6.07) is 0. The van der Waals surface area contributed by atoms with Crippen LogP contribution in [0.2, 0.25) is 0 Å². The van der Waals surface area contributed by atoms with Crippen LogP contribution in [0.4, 0.5) is 0 Å². The normalized spacial score (nSPS) is 32.3. The van der Waals surface area contributed by atoms with Crippen LogP contribution in [0.3, 0.4) is 0 Å². The van der Waals surface area contributed by atoms with Gasteiger partial charge in [0.25, 0.3) is 0 Å². The number of hydrogen-bond acceptors (Lipinski definition) is 5. The van der Waals surface area contributed by atoms with Crippen molar-refractivity contribution in [3.8, 4) is 0 Å². The Morgan fingerprint density at radius 1 is 1.26 bits per heavy atom. The smallest absolute Gasteiger partial charge is 0.333 e. The van der Waals surface area contributed by atoms with Crippen LogP contribution in [0.15, 0.2) is 12.2 Å². The molecule has 2 saturated carbocycles. The molecule has 0 aromatic carbocycles. The molecule has 0 amide bonds. The van der Waals surface area contributed by atoms with Crippen LogP contribution in [0.1, 0.15) is 72.1 Å². The van der Waals surface area contributed by atoms with Crippen molar-refractivity contribution in [1.29, 1.82) is 0 Å². The Hall–Kier alpha value is -0.910. The van der Waals surface area contributed by atoms with Gasteiger partial charge in [-0.15, -0.1) is 0 Å². The van der Waals surface area contributed by atoms with Crippen LogP contribution in [-0.2, 0) is 19.0 Å². The van der Waals surface area contributed by atoms with Gasteiger partial charge < -0.3 is 19.3 Å². The van der Waals surface area contributed by atoms with E-state index in [-0.39, 0.29) is 17.6 Å². The lowest BCUT2D eigenvalue weighted by Gasteiger charge is -2.49. The quantitative estimate of drug-likeness (QED) is 0.550. The fourth-order valence-corrected chi connectivity index (χ4v) is 5.60. The Bertz CT molecular complexity index is 511. The maximum Gasteiger partial charge on any atom is 0.333 e. The van der Waals surface area contributed by atoms with E-state index in [1.54, 1.807) is 0 Å². The predicted molar refractivity (Wildman–Crippen MR) is 105 cm³/mol. The fourth-order valence-electron chi connectivity index (χ4n) is 5.60. The number of hydrogen-bond donors (Lipinski definition) is 1. The van der Waals surface area contributed by atoms with Gasteiger partial charge in [-0.1, -0.05) is 27.4 Å². The molecule has 27 heavy (non-hydrogen) atoms. The van der Waals surface area contributed by atoms with E-state index in [1.165, 1.54) is 20.0 Å². The van der Waals surface area contributed by atoms with Crippen molar-refractivity contribution >= 4 is 5.97 Å². The van der Waals surface area contributed by atoms with E-state index in [1.807, 2.05) is 13.8 Å². The second kappa shape index (κ2) is 9.53. The number of rotatable bonds is 6. The number of aliphatic hydroxyl groups excluding tert-OH is 1. The van der Waals surface area contributed by atoms with Gasteiger partial charge in [-0.05, 0) is 49.9 Å². The molecule has 3 aliphatic rings. The van der Waals surface area contributed by atoms with E-state index in [2.05, 4.69) is 18.2 Å². The summed E-state index contributed by atoms with van der Waals surface area (Å²) in [6.07, 6.45) is 7.10. The maximum absolute atomic E-state index is 11.4. The van der Waals surface area contributed by atoms with Crippen LogP contribution in [-0.4, -0.2) is 43.3 Å². The van der Waals surface area contributed by atoms with E-state index in [4.69, 9.17) is 9.47 Å². The first-order valence-electron chi connectivity index (χ1n) is 10.6. The molecule has 1 saturated heterocycles. The van der Waals surface area contributed by atoms with Gasteiger partial charge in [0.15, 0.2) is 5.79 Å². The van der Waals surface area contributed by atoms with Crippen molar-refractivity contribution in [2.24, 2.45) is 17.3 Å². The average Bonchev–Trinajstić information content (AvgIpc) is 3.26. The topological polar surface area (TPSA) is 65.0 Å². The monoisotopic (exact) mass is 382 g/mol. The first-order chi connectivity index (χ1) is 12.9. The lowest BCUT2D eigenvalue weighted by Crippen LogP contribution is -2.50. The van der Waals surface area contributed by atoms with Crippen LogP contribution in [0.5, 0.6) is 0 Å². The minimum Gasteiger partial charge on any atom is -0.466 e. The summed E-state index contributed by atoms with van der Waals surface area (Å²) in [5.41, 5.74) is 0.566. The van der Waals surface area contributed by atoms with Gasteiger partial charge >= 0.3 is 5.97 Å². The molecule has 4 unspecified atom stereocenters. The van der Waals surface area contributed by atoms with Crippen molar-refractivity contribution in [2.75, 3.05) is 20.3 Å². The third-order valence-corrected chi connectivity index (χ3v) is 6.88. The van der Waals surface area contributed by atoms with Gasteiger partial charge in [0, 0.05) is 24.3 Å². The molecule has 1 aliphatic heterocycles. The van der Waals surface area contributed by atoms with Crippen LogP contribution >= 0.6 is 0 Å². The zero-order valence-electron chi connectivity index (χ0n) is 17.6. The average molecular weight is 383 g/mol. The van der Waals surface area contributed by atoms with Crippen molar-refractivity contribution in [3.05, 3.63) is 12.2 Å². The standard InChI is InChI=1S/C20H32O5.C2H6/c1-14(18(22)23-3)13-16(21)7-5-15-6-8-17-19(15,2)9-4-10-20(17)24-11-12-25-20;1-2/h15-17,21H,1,4-13H2,2-3H3;1-2H3. The highest BCUT2D eigenvalue weighted by Gasteiger charge is 2.60. The van der Waals surface area contributed by atoms with E-state index >= 15 is 0 Å². The van der Waals surface area contributed by atoms with Gasteiger partial charge in [0.2, 0.25) is 0 Å². The molecule has 0 aromatic rings. The second-order valence-corrected chi connectivity index (χ2v) is 8.23. The molecule has 5 heteroatoms. The molecule has 0 radical (unpaired) electrons. The minimum absolute atomic E-state index is 0.224. The van der Waals surface area contributed by atoms with Crippen LogP contribution in [0, 0.1) is 17.3 Å². The Kier molecular flexibility index (Phi) is 7.90. The molecular weight excluding hydrogens is 344 g/mol. The van der Waals surface area contributed by atoms with E-state index in [9.17, 15) is 9.90 Å². The van der Waals surface area contributed by atoms with Crippen LogP contribution in [0.25, 0.3) is 0 Å². The number of carbonyl (C=O) groups excluding carboxylic acids is 1. The summed E-state index contributed by atoms with van der Waals surface area (Å²) in [7, 11) is 1.34. The Morgan fingerprint density at radius 2 is 1.93 bits per heavy atom. The number of carbonyl (C=O) groups is 1. The zero-order valence-corrected chi connectivity index (χ0v) is 17.6. The summed E-state index contributed by atoms with van der Waals surface area (Å²) in [5.74, 6) is 0.253. The number of aliphatic hydroxyl groups is 1. The first-order valence-corrected chi connectivity index (χ1v) is 10.6. The summed E-state index contributed by atoms with van der Waals surface area (Å²) in [4.78, 5) is 11.4.